The van der Waals surface area contributed by atoms with Gasteiger partial charge < -0.3 is 10.1 Å². The normalized spacial score (nSPS) is 23.2. The van der Waals surface area contributed by atoms with E-state index in [1.807, 2.05) is 25.1 Å². The van der Waals surface area contributed by atoms with Gasteiger partial charge in [-0.3, -0.25) is 24.1 Å². The predicted octanol–water partition coefficient (Wildman–Crippen LogP) is 2.24. The van der Waals surface area contributed by atoms with Crippen LogP contribution in [-0.4, -0.2) is 41.7 Å². The molecule has 3 unspecified atom stereocenters. The number of hydrogen-bond acceptors (Lipinski definition) is 5. The Bertz CT molecular complexity index is 912. The van der Waals surface area contributed by atoms with Crippen LogP contribution in [0.5, 0.6) is 0 Å². The van der Waals surface area contributed by atoms with Gasteiger partial charge in [-0.2, -0.15) is 0 Å². The molecule has 0 aromatic heterocycles. The summed E-state index contributed by atoms with van der Waals surface area (Å²) in [6.45, 7) is 0.999. The molecule has 3 aliphatic rings. The summed E-state index contributed by atoms with van der Waals surface area (Å²) in [5.41, 5.74) is 3.74. The van der Waals surface area contributed by atoms with Crippen molar-refractivity contribution in [3.63, 3.8) is 0 Å². The molecule has 7 heteroatoms. The van der Waals surface area contributed by atoms with Crippen molar-refractivity contribution in [2.45, 2.75) is 51.5 Å². The fourth-order valence-corrected chi connectivity index (χ4v) is 4.73. The van der Waals surface area contributed by atoms with Crippen LogP contribution in [0.1, 0.15) is 55.3 Å². The van der Waals surface area contributed by atoms with Gasteiger partial charge in [0.15, 0.2) is 6.61 Å². The average molecular weight is 424 g/mol. The molecular weight excluding hydrogens is 396 g/mol. The zero-order valence-electron chi connectivity index (χ0n) is 17.8. The first-order valence-corrected chi connectivity index (χ1v) is 11.0. The molecule has 31 heavy (non-hydrogen) atoms. The lowest BCUT2D eigenvalue weighted by Gasteiger charge is -2.20. The van der Waals surface area contributed by atoms with E-state index in [0.717, 1.165) is 23.3 Å². The molecule has 164 valence electrons. The van der Waals surface area contributed by atoms with Crippen molar-refractivity contribution < 1.29 is 23.9 Å². The number of esters is 1. The summed E-state index contributed by atoms with van der Waals surface area (Å²) in [6.07, 6.45) is 9.39. The Balaban J connectivity index is 1.25. The minimum Gasteiger partial charge on any atom is -0.454 e. The van der Waals surface area contributed by atoms with E-state index in [1.165, 1.54) is 24.0 Å². The molecule has 1 fully saturated rings. The monoisotopic (exact) mass is 424 g/mol. The lowest BCUT2D eigenvalue weighted by molar-refractivity contribution is -0.155. The average Bonchev–Trinajstić information content (AvgIpc) is 3.02. The molecule has 1 aliphatic heterocycles. The van der Waals surface area contributed by atoms with Crippen LogP contribution in [0.25, 0.3) is 0 Å². The second-order valence-electron chi connectivity index (χ2n) is 8.60. The molecule has 1 saturated heterocycles. The van der Waals surface area contributed by atoms with Crippen LogP contribution in [0.2, 0.25) is 0 Å². The molecule has 0 saturated carbocycles. The standard InChI is InChI=1S/C24H28N2O5/c1-15(17-11-10-16-6-2-3-7-18(16)12-17)25-21(27)14-31-22(28)13-26-23(29)19-8-4-5-9-20(19)24(26)30/h4-5,10-12,15,19-20H,2-3,6-9,13-14H2,1H3,(H,25,27). The number of carbonyl (C=O) groups excluding carboxylic acids is 4. The maximum atomic E-state index is 12.4. The minimum atomic E-state index is -0.759. The van der Waals surface area contributed by atoms with Crippen LogP contribution in [0, 0.1) is 11.8 Å². The number of aryl methyl sites for hydroxylation is 2. The maximum absolute atomic E-state index is 12.4. The van der Waals surface area contributed by atoms with Crippen LogP contribution in [-0.2, 0) is 36.8 Å². The zero-order valence-corrected chi connectivity index (χ0v) is 17.8. The Hall–Kier alpha value is -2.96. The molecule has 3 amide bonds. The van der Waals surface area contributed by atoms with E-state index in [1.54, 1.807) is 0 Å². The first kappa shape index (κ1) is 21.3. The van der Waals surface area contributed by atoms with Gasteiger partial charge in [-0.05, 0) is 62.1 Å². The van der Waals surface area contributed by atoms with Gasteiger partial charge in [0.25, 0.3) is 5.91 Å². The summed E-state index contributed by atoms with van der Waals surface area (Å²) < 4.78 is 5.03. The number of allylic oxidation sites excluding steroid dienone is 2. The molecule has 4 rings (SSSR count). The van der Waals surface area contributed by atoms with Crippen LogP contribution < -0.4 is 5.32 Å². The Morgan fingerprint density at radius 3 is 2.39 bits per heavy atom. The number of rotatable bonds is 6. The molecule has 3 atom stereocenters. The Morgan fingerprint density at radius 2 is 1.71 bits per heavy atom. The van der Waals surface area contributed by atoms with Crippen molar-refractivity contribution in [2.75, 3.05) is 13.2 Å². The number of benzene rings is 1. The molecule has 0 radical (unpaired) electrons. The van der Waals surface area contributed by atoms with Crippen LogP contribution in [0.15, 0.2) is 30.4 Å². The van der Waals surface area contributed by atoms with E-state index in [2.05, 4.69) is 17.4 Å². The molecule has 1 heterocycles. The summed E-state index contributed by atoms with van der Waals surface area (Å²) >= 11 is 0. The van der Waals surface area contributed by atoms with Crippen molar-refractivity contribution in [2.24, 2.45) is 11.8 Å². The number of imide groups is 1. The Labute approximate surface area is 181 Å². The number of hydrogen-bond donors (Lipinski definition) is 1. The van der Waals surface area contributed by atoms with E-state index in [0.29, 0.717) is 12.8 Å². The summed E-state index contributed by atoms with van der Waals surface area (Å²) in [4.78, 5) is 50.2. The van der Waals surface area contributed by atoms with Gasteiger partial charge in [0, 0.05) is 0 Å². The summed E-state index contributed by atoms with van der Waals surface area (Å²) in [7, 11) is 0. The summed E-state index contributed by atoms with van der Waals surface area (Å²) in [6, 6.07) is 6.09. The van der Waals surface area contributed by atoms with Crippen LogP contribution in [0.3, 0.4) is 0 Å². The molecular formula is C24H28N2O5. The highest BCUT2D eigenvalue weighted by molar-refractivity contribution is 6.07. The number of nitrogens with one attached hydrogen (secondary N) is 1. The molecule has 2 aliphatic carbocycles. The molecule has 1 N–H and O–H groups in total. The highest BCUT2D eigenvalue weighted by Gasteiger charge is 2.47. The third-order valence-electron chi connectivity index (χ3n) is 6.50. The van der Waals surface area contributed by atoms with Gasteiger partial charge in [0.2, 0.25) is 11.8 Å². The number of carbonyl (C=O) groups is 4. The molecule has 1 aromatic carbocycles. The number of fused-ring (bicyclic) bond motifs is 2. The number of ether oxygens (including phenoxy) is 1. The fourth-order valence-electron chi connectivity index (χ4n) is 4.73. The van der Waals surface area contributed by atoms with Gasteiger partial charge in [-0.1, -0.05) is 30.4 Å². The van der Waals surface area contributed by atoms with E-state index < -0.39 is 25.0 Å². The first-order chi connectivity index (χ1) is 14.9. The predicted molar refractivity (Wildman–Crippen MR) is 113 cm³/mol. The van der Waals surface area contributed by atoms with Gasteiger partial charge in [0.1, 0.15) is 6.54 Å². The van der Waals surface area contributed by atoms with Crippen molar-refractivity contribution in [1.29, 1.82) is 0 Å². The summed E-state index contributed by atoms with van der Waals surface area (Å²) in [5, 5.41) is 2.84. The van der Waals surface area contributed by atoms with Crippen molar-refractivity contribution in [1.82, 2.24) is 10.2 Å². The first-order valence-electron chi connectivity index (χ1n) is 11.0. The number of nitrogens with zero attached hydrogens (tertiary/aromatic N) is 1. The van der Waals surface area contributed by atoms with Crippen LogP contribution in [0.4, 0.5) is 0 Å². The van der Waals surface area contributed by atoms with E-state index in [4.69, 9.17) is 4.74 Å². The topological polar surface area (TPSA) is 92.8 Å². The summed E-state index contributed by atoms with van der Waals surface area (Å²) in [5.74, 6) is -2.61. The van der Waals surface area contributed by atoms with E-state index in [-0.39, 0.29) is 29.7 Å². The number of likely N-dealkylation sites (tertiary alicyclic amines) is 1. The Kier molecular flexibility index (Phi) is 6.20. The quantitative estimate of drug-likeness (QED) is 0.430. The highest BCUT2D eigenvalue weighted by Crippen LogP contribution is 2.34. The van der Waals surface area contributed by atoms with E-state index in [9.17, 15) is 19.2 Å². The van der Waals surface area contributed by atoms with Gasteiger partial charge in [-0.25, -0.2) is 0 Å². The van der Waals surface area contributed by atoms with Gasteiger partial charge in [-0.15, -0.1) is 0 Å². The SMILES string of the molecule is CC(NC(=O)COC(=O)CN1C(=O)C2CC=CCC2C1=O)c1ccc2c(c1)CCCC2. The van der Waals surface area contributed by atoms with Gasteiger partial charge in [0.05, 0.1) is 17.9 Å². The maximum Gasteiger partial charge on any atom is 0.326 e. The van der Waals surface area contributed by atoms with Crippen molar-refractivity contribution in [3.8, 4) is 0 Å². The third kappa shape index (κ3) is 4.55. The zero-order chi connectivity index (χ0) is 22.0. The molecule has 0 bridgehead atoms. The van der Waals surface area contributed by atoms with Gasteiger partial charge >= 0.3 is 5.97 Å². The molecule has 0 spiro atoms. The largest absolute Gasteiger partial charge is 0.454 e. The fraction of sp³-hybridized carbons (Fsp3) is 0.500. The van der Waals surface area contributed by atoms with Crippen molar-refractivity contribution >= 4 is 23.7 Å². The van der Waals surface area contributed by atoms with Crippen molar-refractivity contribution in [3.05, 3.63) is 47.0 Å². The van der Waals surface area contributed by atoms with E-state index >= 15 is 0 Å². The lowest BCUT2D eigenvalue weighted by atomic mass is 9.85. The van der Waals surface area contributed by atoms with Crippen LogP contribution >= 0.6 is 0 Å². The second kappa shape index (κ2) is 9.04. The number of amides is 3. The highest BCUT2D eigenvalue weighted by atomic mass is 16.5. The third-order valence-corrected chi connectivity index (χ3v) is 6.50. The second-order valence-corrected chi connectivity index (χ2v) is 8.60. The minimum absolute atomic E-state index is 0.212. The lowest BCUT2D eigenvalue weighted by Crippen LogP contribution is -2.38. The Morgan fingerprint density at radius 1 is 1.06 bits per heavy atom. The molecule has 7 nitrogen and oxygen atoms in total. The molecule has 1 aromatic rings. The smallest absolute Gasteiger partial charge is 0.326 e.